The number of hydrogen-bond donors (Lipinski definition) is 2. The van der Waals surface area contributed by atoms with Gasteiger partial charge in [0.25, 0.3) is 0 Å². The van der Waals surface area contributed by atoms with Crippen LogP contribution in [0.3, 0.4) is 0 Å². The van der Waals surface area contributed by atoms with Gasteiger partial charge in [-0.1, -0.05) is 23.4 Å². The van der Waals surface area contributed by atoms with E-state index < -0.39 is 0 Å². The van der Waals surface area contributed by atoms with Gasteiger partial charge in [0.2, 0.25) is 5.91 Å². The van der Waals surface area contributed by atoms with Crippen molar-refractivity contribution in [3.05, 3.63) is 58.6 Å². The third kappa shape index (κ3) is 4.99. The van der Waals surface area contributed by atoms with Gasteiger partial charge in [-0.05, 0) is 43.3 Å². The van der Waals surface area contributed by atoms with E-state index in [2.05, 4.69) is 20.3 Å². The van der Waals surface area contributed by atoms with E-state index in [4.69, 9.17) is 11.6 Å². The fourth-order valence-corrected chi connectivity index (χ4v) is 5.45. The van der Waals surface area contributed by atoms with Gasteiger partial charge in [-0.2, -0.15) is 0 Å². The summed E-state index contributed by atoms with van der Waals surface area (Å²) in [5.41, 5.74) is 2.12. The molecule has 4 rings (SSSR count). The van der Waals surface area contributed by atoms with Gasteiger partial charge in [-0.3, -0.25) is 9.79 Å². The second kappa shape index (κ2) is 9.13. The lowest BCUT2D eigenvalue weighted by Gasteiger charge is -2.07. The minimum atomic E-state index is -0.308. The molecule has 10 heteroatoms. The fraction of sp³-hybridized carbons (Fsp3) is 0.100. The van der Waals surface area contributed by atoms with Crippen molar-refractivity contribution in [3.8, 4) is 5.75 Å². The number of aromatic nitrogens is 2. The Bertz CT molecular complexity index is 1220. The molecule has 0 bridgehead atoms. The van der Waals surface area contributed by atoms with E-state index >= 15 is 0 Å². The number of hydrogen-bond acceptors (Lipinski definition) is 8. The van der Waals surface area contributed by atoms with Crippen LogP contribution in [0.25, 0.3) is 10.2 Å². The summed E-state index contributed by atoms with van der Waals surface area (Å²) in [7, 11) is 0. The first-order valence-corrected chi connectivity index (χ1v) is 11.7. The molecule has 0 spiro atoms. The molecule has 0 saturated carbocycles. The van der Waals surface area contributed by atoms with Crippen LogP contribution in [0.1, 0.15) is 12.5 Å². The van der Waals surface area contributed by atoms with E-state index in [1.54, 1.807) is 24.5 Å². The van der Waals surface area contributed by atoms with Gasteiger partial charge in [-0.25, -0.2) is 9.97 Å². The Labute approximate surface area is 189 Å². The highest BCUT2D eigenvalue weighted by atomic mass is 35.5. The third-order valence-electron chi connectivity index (χ3n) is 4.00. The molecule has 0 unspecified atom stereocenters. The molecule has 0 aliphatic heterocycles. The number of phenolic OH excluding ortho intramolecular Hbond substituents is 1. The van der Waals surface area contributed by atoms with Crippen molar-refractivity contribution in [2.75, 3.05) is 5.32 Å². The number of phenols is 1. The summed E-state index contributed by atoms with van der Waals surface area (Å²) in [6.45, 7) is 1.84. The highest BCUT2D eigenvalue weighted by Gasteiger charge is 2.18. The Morgan fingerprint density at radius 2 is 2.20 bits per heavy atom. The van der Waals surface area contributed by atoms with E-state index in [1.165, 1.54) is 40.5 Å². The van der Waals surface area contributed by atoms with Crippen LogP contribution >= 0.6 is 46.0 Å². The van der Waals surface area contributed by atoms with Crippen molar-refractivity contribution in [3.63, 3.8) is 0 Å². The molecular weight excluding hydrogens is 460 g/mol. The molecule has 2 aromatic heterocycles. The highest BCUT2D eigenvalue weighted by Crippen LogP contribution is 2.34. The van der Waals surface area contributed by atoms with Crippen LogP contribution in [-0.2, 0) is 4.79 Å². The largest absolute Gasteiger partial charge is 0.507 e. The predicted molar refractivity (Wildman–Crippen MR) is 126 cm³/mol. The summed E-state index contributed by atoms with van der Waals surface area (Å²) in [5, 5.41) is 15.3. The Hall–Kier alpha value is -2.46. The Morgan fingerprint density at radius 1 is 1.33 bits per heavy atom. The maximum Gasteiger partial charge on any atom is 0.239 e. The van der Waals surface area contributed by atoms with E-state index in [0.29, 0.717) is 15.7 Å². The number of anilines is 1. The van der Waals surface area contributed by atoms with E-state index in [-0.39, 0.29) is 16.9 Å². The molecule has 1 amide bonds. The lowest BCUT2D eigenvalue weighted by molar-refractivity contribution is -0.115. The summed E-state index contributed by atoms with van der Waals surface area (Å²) in [4.78, 5) is 25.4. The molecule has 2 aromatic carbocycles. The number of thioether (sulfide) groups is 1. The average Bonchev–Trinajstić information content (AvgIpc) is 3.37. The first-order chi connectivity index (χ1) is 14.5. The number of benzene rings is 2. The lowest BCUT2D eigenvalue weighted by atomic mass is 10.2. The van der Waals surface area contributed by atoms with Crippen LogP contribution in [0, 0.1) is 0 Å². The summed E-state index contributed by atoms with van der Waals surface area (Å²) < 4.78 is 1.77. The van der Waals surface area contributed by atoms with Crippen LogP contribution in [0.5, 0.6) is 5.75 Å². The molecule has 0 fully saturated rings. The van der Waals surface area contributed by atoms with Crippen molar-refractivity contribution < 1.29 is 9.90 Å². The van der Waals surface area contributed by atoms with Crippen molar-refractivity contribution in [1.82, 2.24) is 9.97 Å². The number of carbonyl (C=O) groups is 1. The number of fused-ring (bicyclic) bond motifs is 1. The Kier molecular flexibility index (Phi) is 6.33. The van der Waals surface area contributed by atoms with Gasteiger partial charge in [0.15, 0.2) is 9.47 Å². The molecule has 152 valence electrons. The number of rotatable bonds is 6. The standard InChI is InChI=1S/C20H15ClN4O2S3/c1-11(18(27)25-19-22-6-7-28-19)29-20-24-15-4-3-14(9-17(15)30-20)23-10-12-8-13(21)2-5-16(12)26/h2-11,26H,1H3,(H,22,25,27)/t11-/m0/s1. The number of nitrogens with zero attached hydrogens (tertiary/aromatic N) is 3. The molecule has 2 heterocycles. The molecule has 0 radical (unpaired) electrons. The number of aliphatic imine (C=N–C) groups is 1. The van der Waals surface area contributed by atoms with Gasteiger partial charge in [0, 0.05) is 28.4 Å². The third-order valence-corrected chi connectivity index (χ3v) is 7.14. The van der Waals surface area contributed by atoms with Crippen molar-refractivity contribution in [2.24, 2.45) is 4.99 Å². The normalized spacial score (nSPS) is 12.5. The van der Waals surface area contributed by atoms with Gasteiger partial charge < -0.3 is 10.4 Å². The monoisotopic (exact) mass is 474 g/mol. The number of amides is 1. The zero-order valence-corrected chi connectivity index (χ0v) is 18.8. The number of halogens is 1. The minimum Gasteiger partial charge on any atom is -0.507 e. The molecular formula is C20H15ClN4O2S3. The number of carbonyl (C=O) groups excluding carboxylic acids is 1. The molecule has 1 atom stereocenters. The van der Waals surface area contributed by atoms with Gasteiger partial charge in [0.05, 0.1) is 21.2 Å². The first-order valence-electron chi connectivity index (χ1n) is 8.78. The first kappa shape index (κ1) is 20.8. The quantitative estimate of drug-likeness (QED) is 0.265. The molecule has 30 heavy (non-hydrogen) atoms. The van der Waals surface area contributed by atoms with Crippen molar-refractivity contribution >= 4 is 79.2 Å². The Balaban J connectivity index is 1.47. The van der Waals surface area contributed by atoms with E-state index in [1.807, 2.05) is 30.5 Å². The van der Waals surface area contributed by atoms with Gasteiger partial charge in [0.1, 0.15) is 5.75 Å². The molecule has 0 saturated heterocycles. The maximum absolute atomic E-state index is 12.3. The fourth-order valence-electron chi connectivity index (χ4n) is 2.49. The smallest absolute Gasteiger partial charge is 0.239 e. The zero-order chi connectivity index (χ0) is 21.1. The number of thiazole rings is 2. The van der Waals surface area contributed by atoms with Crippen LogP contribution in [0.4, 0.5) is 10.8 Å². The molecule has 6 nitrogen and oxygen atoms in total. The maximum atomic E-state index is 12.3. The van der Waals surface area contributed by atoms with Crippen molar-refractivity contribution in [1.29, 1.82) is 0 Å². The molecule has 0 aliphatic rings. The summed E-state index contributed by atoms with van der Waals surface area (Å²) >= 11 is 10.3. The number of aromatic hydroxyl groups is 1. The highest BCUT2D eigenvalue weighted by molar-refractivity contribution is 8.02. The predicted octanol–water partition coefficient (Wildman–Crippen LogP) is 5.98. The van der Waals surface area contributed by atoms with E-state index in [9.17, 15) is 9.90 Å². The van der Waals surface area contributed by atoms with Crippen molar-refractivity contribution in [2.45, 2.75) is 16.5 Å². The molecule has 4 aromatic rings. The van der Waals surface area contributed by atoms with Crippen LogP contribution in [0.15, 0.2) is 57.3 Å². The average molecular weight is 475 g/mol. The van der Waals surface area contributed by atoms with Crippen LogP contribution in [-0.4, -0.2) is 32.4 Å². The van der Waals surface area contributed by atoms with E-state index in [0.717, 1.165) is 20.2 Å². The SMILES string of the molecule is C[C@H](Sc1nc2ccc(N=Cc3cc(Cl)ccc3O)cc2s1)C(=O)Nc1nccs1. The second-order valence-electron chi connectivity index (χ2n) is 6.18. The van der Waals surface area contributed by atoms with Gasteiger partial charge >= 0.3 is 0 Å². The zero-order valence-electron chi connectivity index (χ0n) is 15.6. The lowest BCUT2D eigenvalue weighted by Crippen LogP contribution is -2.22. The van der Waals surface area contributed by atoms with Gasteiger partial charge in [-0.15, -0.1) is 22.7 Å². The van der Waals surface area contributed by atoms with Crippen LogP contribution < -0.4 is 5.32 Å². The minimum absolute atomic E-state index is 0.110. The molecule has 2 N–H and O–H groups in total. The second-order valence-corrected chi connectivity index (χ2v) is 10.1. The summed E-state index contributed by atoms with van der Waals surface area (Å²) in [5.74, 6) is 0.00606. The number of nitrogens with one attached hydrogen (secondary N) is 1. The molecule has 0 aliphatic carbocycles. The topological polar surface area (TPSA) is 87.5 Å². The van der Waals surface area contributed by atoms with Crippen LogP contribution in [0.2, 0.25) is 5.02 Å². The Morgan fingerprint density at radius 3 is 3.00 bits per heavy atom. The summed E-state index contributed by atoms with van der Waals surface area (Å²) in [6, 6.07) is 10.5. The summed E-state index contributed by atoms with van der Waals surface area (Å²) in [6.07, 6.45) is 3.23.